The quantitative estimate of drug-likeness (QED) is 0.817. The molecule has 104 valence electrons. The summed E-state index contributed by atoms with van der Waals surface area (Å²) in [6.45, 7) is 5.52. The van der Waals surface area contributed by atoms with Gasteiger partial charge in [-0.05, 0) is 32.6 Å². The Balaban J connectivity index is 1.85. The largest absolute Gasteiger partial charge is 0.481 e. The molecule has 0 aromatic heterocycles. The average Bonchev–Trinajstić information content (AvgIpc) is 2.82. The van der Waals surface area contributed by atoms with Gasteiger partial charge in [-0.3, -0.25) is 4.79 Å². The van der Waals surface area contributed by atoms with E-state index in [0.29, 0.717) is 6.10 Å². The highest BCUT2D eigenvalue weighted by atomic mass is 16.5. The SMILES string of the molecule is CCOC1CCN(CC2(C(=O)O)CCCC2)CC1. The predicted molar refractivity (Wildman–Crippen MR) is 69.6 cm³/mol. The second kappa shape index (κ2) is 6.02. The Labute approximate surface area is 109 Å². The van der Waals surface area contributed by atoms with Gasteiger partial charge in [0.2, 0.25) is 0 Å². The van der Waals surface area contributed by atoms with Crippen LogP contribution in [0.5, 0.6) is 0 Å². The van der Waals surface area contributed by atoms with Gasteiger partial charge in [0.15, 0.2) is 0 Å². The molecule has 0 atom stereocenters. The fourth-order valence-electron chi connectivity index (χ4n) is 3.39. The van der Waals surface area contributed by atoms with Crippen molar-refractivity contribution in [3.05, 3.63) is 0 Å². The zero-order valence-corrected chi connectivity index (χ0v) is 11.4. The highest BCUT2D eigenvalue weighted by Gasteiger charge is 2.42. The number of carboxylic acids is 1. The van der Waals surface area contributed by atoms with E-state index < -0.39 is 11.4 Å². The topological polar surface area (TPSA) is 49.8 Å². The zero-order valence-electron chi connectivity index (χ0n) is 11.4. The van der Waals surface area contributed by atoms with Gasteiger partial charge in [0.05, 0.1) is 11.5 Å². The molecule has 0 aromatic rings. The Morgan fingerprint density at radius 3 is 2.44 bits per heavy atom. The number of nitrogens with zero attached hydrogens (tertiary/aromatic N) is 1. The van der Waals surface area contributed by atoms with Crippen LogP contribution in [0, 0.1) is 5.41 Å². The van der Waals surface area contributed by atoms with Crippen LogP contribution in [0.15, 0.2) is 0 Å². The zero-order chi connectivity index (χ0) is 13.0. The average molecular weight is 255 g/mol. The molecule has 0 bridgehead atoms. The minimum atomic E-state index is -0.591. The number of aliphatic carboxylic acids is 1. The lowest BCUT2D eigenvalue weighted by Gasteiger charge is -2.36. The molecule has 18 heavy (non-hydrogen) atoms. The summed E-state index contributed by atoms with van der Waals surface area (Å²) in [4.78, 5) is 13.8. The van der Waals surface area contributed by atoms with Crippen LogP contribution in [0.1, 0.15) is 45.4 Å². The normalized spacial score (nSPS) is 25.4. The smallest absolute Gasteiger partial charge is 0.310 e. The molecule has 1 saturated carbocycles. The van der Waals surface area contributed by atoms with Crippen LogP contribution in [-0.2, 0) is 9.53 Å². The summed E-state index contributed by atoms with van der Waals surface area (Å²) >= 11 is 0. The lowest BCUT2D eigenvalue weighted by molar-refractivity contribution is -0.150. The van der Waals surface area contributed by atoms with Crippen molar-refractivity contribution in [2.45, 2.75) is 51.6 Å². The summed E-state index contributed by atoms with van der Waals surface area (Å²) in [6.07, 6.45) is 6.33. The van der Waals surface area contributed by atoms with Gasteiger partial charge in [-0.15, -0.1) is 0 Å². The first-order chi connectivity index (χ1) is 8.66. The first-order valence-corrected chi connectivity index (χ1v) is 7.24. The van der Waals surface area contributed by atoms with Crippen molar-refractivity contribution in [1.29, 1.82) is 0 Å². The van der Waals surface area contributed by atoms with Gasteiger partial charge < -0.3 is 14.7 Å². The standard InChI is InChI=1S/C14H25NO3/c1-2-18-12-5-9-15(10-6-12)11-14(13(16)17)7-3-4-8-14/h12H,2-11H2,1H3,(H,16,17). The summed E-state index contributed by atoms with van der Waals surface area (Å²) in [6, 6.07) is 0. The number of hydrogen-bond donors (Lipinski definition) is 1. The summed E-state index contributed by atoms with van der Waals surface area (Å²) in [7, 11) is 0. The van der Waals surface area contributed by atoms with E-state index in [4.69, 9.17) is 4.74 Å². The van der Waals surface area contributed by atoms with Gasteiger partial charge in [0.1, 0.15) is 0 Å². The van der Waals surface area contributed by atoms with Crippen LogP contribution in [0.25, 0.3) is 0 Å². The molecule has 0 unspecified atom stereocenters. The van der Waals surface area contributed by atoms with Crippen molar-refractivity contribution >= 4 is 5.97 Å². The van der Waals surface area contributed by atoms with Crippen LogP contribution in [0.3, 0.4) is 0 Å². The molecule has 2 fully saturated rings. The van der Waals surface area contributed by atoms with Crippen molar-refractivity contribution in [2.24, 2.45) is 5.41 Å². The maximum Gasteiger partial charge on any atom is 0.310 e. The molecule has 4 heteroatoms. The van der Waals surface area contributed by atoms with Crippen LogP contribution in [-0.4, -0.2) is 48.3 Å². The summed E-state index contributed by atoms with van der Waals surface area (Å²) < 4.78 is 5.63. The van der Waals surface area contributed by atoms with Crippen molar-refractivity contribution < 1.29 is 14.6 Å². The number of rotatable bonds is 5. The van der Waals surface area contributed by atoms with Gasteiger partial charge in [-0.1, -0.05) is 12.8 Å². The lowest BCUT2D eigenvalue weighted by Crippen LogP contribution is -2.45. The second-order valence-electron chi connectivity index (χ2n) is 5.72. The fourth-order valence-corrected chi connectivity index (χ4v) is 3.39. The lowest BCUT2D eigenvalue weighted by atomic mass is 9.85. The number of piperidine rings is 1. The maximum absolute atomic E-state index is 11.5. The molecule has 0 spiro atoms. The molecule has 2 rings (SSSR count). The second-order valence-corrected chi connectivity index (χ2v) is 5.72. The van der Waals surface area contributed by atoms with E-state index in [9.17, 15) is 9.90 Å². The molecule has 1 saturated heterocycles. The van der Waals surface area contributed by atoms with Gasteiger partial charge in [0, 0.05) is 26.2 Å². The Hall–Kier alpha value is -0.610. The number of likely N-dealkylation sites (tertiary alicyclic amines) is 1. The Morgan fingerprint density at radius 2 is 1.94 bits per heavy atom. The highest BCUT2D eigenvalue weighted by molar-refractivity contribution is 5.75. The number of ether oxygens (including phenoxy) is 1. The van der Waals surface area contributed by atoms with Crippen LogP contribution >= 0.6 is 0 Å². The molecule has 1 N–H and O–H groups in total. The minimum absolute atomic E-state index is 0.385. The fraction of sp³-hybridized carbons (Fsp3) is 0.929. The molecule has 0 amide bonds. The van der Waals surface area contributed by atoms with Crippen molar-refractivity contribution in [1.82, 2.24) is 4.90 Å². The molecular weight excluding hydrogens is 230 g/mol. The first kappa shape index (κ1) is 13.8. The molecule has 1 aliphatic heterocycles. The van der Waals surface area contributed by atoms with E-state index in [1.807, 2.05) is 6.92 Å². The molecule has 2 aliphatic rings. The van der Waals surface area contributed by atoms with E-state index in [1.165, 1.54) is 0 Å². The molecule has 0 radical (unpaired) electrons. The van der Waals surface area contributed by atoms with E-state index in [2.05, 4.69) is 4.90 Å². The number of carboxylic acid groups (broad SMARTS) is 1. The third-order valence-electron chi connectivity index (χ3n) is 4.48. The molecule has 4 nitrogen and oxygen atoms in total. The third kappa shape index (κ3) is 3.04. The van der Waals surface area contributed by atoms with E-state index in [0.717, 1.165) is 64.8 Å². The van der Waals surface area contributed by atoms with Crippen molar-refractivity contribution in [2.75, 3.05) is 26.2 Å². The van der Waals surface area contributed by atoms with Gasteiger partial charge in [-0.2, -0.15) is 0 Å². The molecule has 1 aliphatic carbocycles. The van der Waals surface area contributed by atoms with E-state index >= 15 is 0 Å². The highest BCUT2D eigenvalue weighted by Crippen LogP contribution is 2.39. The molecule has 1 heterocycles. The first-order valence-electron chi connectivity index (χ1n) is 7.24. The number of hydrogen-bond acceptors (Lipinski definition) is 3. The van der Waals surface area contributed by atoms with Crippen molar-refractivity contribution in [3.8, 4) is 0 Å². The summed E-state index contributed by atoms with van der Waals surface area (Å²) in [5.74, 6) is -0.591. The minimum Gasteiger partial charge on any atom is -0.481 e. The Kier molecular flexibility index (Phi) is 4.62. The van der Waals surface area contributed by atoms with E-state index in [-0.39, 0.29) is 0 Å². The predicted octanol–water partition coefficient (Wildman–Crippen LogP) is 2.13. The Morgan fingerprint density at radius 1 is 1.33 bits per heavy atom. The monoisotopic (exact) mass is 255 g/mol. The summed E-state index contributed by atoms with van der Waals surface area (Å²) in [5, 5.41) is 9.48. The molecule has 0 aromatic carbocycles. The maximum atomic E-state index is 11.5. The van der Waals surface area contributed by atoms with Gasteiger partial charge in [0.25, 0.3) is 0 Å². The summed E-state index contributed by atoms with van der Waals surface area (Å²) in [5.41, 5.74) is -0.460. The van der Waals surface area contributed by atoms with Crippen LogP contribution in [0.2, 0.25) is 0 Å². The van der Waals surface area contributed by atoms with Crippen molar-refractivity contribution in [3.63, 3.8) is 0 Å². The van der Waals surface area contributed by atoms with E-state index in [1.54, 1.807) is 0 Å². The Bertz CT molecular complexity index is 279. The van der Waals surface area contributed by atoms with Gasteiger partial charge >= 0.3 is 5.97 Å². The third-order valence-corrected chi connectivity index (χ3v) is 4.48. The van der Waals surface area contributed by atoms with Gasteiger partial charge in [-0.25, -0.2) is 0 Å². The van der Waals surface area contributed by atoms with Crippen LogP contribution in [0.4, 0.5) is 0 Å². The van der Waals surface area contributed by atoms with Crippen LogP contribution < -0.4 is 0 Å². The molecular formula is C14H25NO3. The number of carbonyl (C=O) groups is 1.